The van der Waals surface area contributed by atoms with Crippen LogP contribution in [0.5, 0.6) is 5.75 Å². The lowest BCUT2D eigenvalue weighted by Gasteiger charge is -2.30. The Hall–Kier alpha value is -1.15. The number of phenolic OH excluding ortho intramolecular Hbond substituents is 1. The van der Waals surface area contributed by atoms with Gasteiger partial charge in [-0.2, -0.15) is 17.4 Å². The summed E-state index contributed by atoms with van der Waals surface area (Å²) < 4.78 is 28.4. The molecular weight excluding hydrogens is 304 g/mol. The number of piperidine rings is 1. The average molecular weight is 328 g/mol. The second kappa shape index (κ2) is 7.41. The minimum atomic E-state index is -3.55. The van der Waals surface area contributed by atoms with E-state index in [9.17, 15) is 18.6 Å². The molecule has 1 saturated heterocycles. The van der Waals surface area contributed by atoms with Gasteiger partial charge in [0.05, 0.1) is 6.10 Å². The van der Waals surface area contributed by atoms with E-state index in [0.29, 0.717) is 24.6 Å². The zero-order valence-electron chi connectivity index (χ0n) is 12.8. The molecule has 0 aliphatic carbocycles. The maximum atomic E-state index is 12.2. The third-order valence-electron chi connectivity index (χ3n) is 4.23. The molecule has 7 heteroatoms. The first-order valence-corrected chi connectivity index (χ1v) is 9.08. The number of nitrogens with zero attached hydrogens (tertiary/aromatic N) is 1. The zero-order valence-corrected chi connectivity index (χ0v) is 13.6. The Kier molecular flexibility index (Phi) is 5.80. The molecule has 0 amide bonds. The monoisotopic (exact) mass is 328 g/mol. The lowest BCUT2D eigenvalue weighted by molar-refractivity contribution is 0.180. The minimum absolute atomic E-state index is 0.0825. The molecule has 1 fully saturated rings. The fourth-order valence-electron chi connectivity index (χ4n) is 2.65. The molecule has 1 aliphatic heterocycles. The summed E-state index contributed by atoms with van der Waals surface area (Å²) in [4.78, 5) is 0. The molecule has 1 aromatic rings. The highest BCUT2D eigenvalue weighted by Crippen LogP contribution is 2.22. The third kappa shape index (κ3) is 4.42. The van der Waals surface area contributed by atoms with Crippen molar-refractivity contribution in [3.8, 4) is 5.75 Å². The molecule has 1 unspecified atom stereocenters. The number of hydrogen-bond donors (Lipinski definition) is 3. The van der Waals surface area contributed by atoms with E-state index >= 15 is 0 Å². The SMILES string of the molecule is CCC1CCN(S(=O)(=O)NCC(O)c2ccc(O)cc2)CC1. The molecule has 0 spiro atoms. The van der Waals surface area contributed by atoms with E-state index in [1.807, 2.05) is 0 Å². The van der Waals surface area contributed by atoms with Crippen molar-refractivity contribution in [2.75, 3.05) is 19.6 Å². The molecule has 3 N–H and O–H groups in total. The second-order valence-electron chi connectivity index (χ2n) is 5.71. The molecule has 0 aromatic heterocycles. The zero-order chi connectivity index (χ0) is 16.2. The Bertz CT molecular complexity index is 566. The van der Waals surface area contributed by atoms with Crippen molar-refractivity contribution in [2.45, 2.75) is 32.3 Å². The van der Waals surface area contributed by atoms with E-state index in [2.05, 4.69) is 11.6 Å². The molecule has 1 heterocycles. The summed E-state index contributed by atoms with van der Waals surface area (Å²) in [7, 11) is -3.55. The molecule has 0 saturated carbocycles. The topological polar surface area (TPSA) is 89.9 Å². The summed E-state index contributed by atoms with van der Waals surface area (Å²) >= 11 is 0. The smallest absolute Gasteiger partial charge is 0.279 e. The summed E-state index contributed by atoms with van der Waals surface area (Å²) in [5.41, 5.74) is 0.560. The number of benzene rings is 1. The fourth-order valence-corrected chi connectivity index (χ4v) is 3.89. The van der Waals surface area contributed by atoms with Gasteiger partial charge in [-0.25, -0.2) is 0 Å². The lowest BCUT2D eigenvalue weighted by Crippen LogP contribution is -2.45. The predicted octanol–water partition coefficient (Wildman–Crippen LogP) is 1.38. The van der Waals surface area contributed by atoms with Gasteiger partial charge in [0.2, 0.25) is 0 Å². The number of aliphatic hydroxyl groups excluding tert-OH is 1. The van der Waals surface area contributed by atoms with Crippen LogP contribution < -0.4 is 4.72 Å². The van der Waals surface area contributed by atoms with Crippen LogP contribution in [-0.2, 0) is 10.2 Å². The molecule has 1 aromatic carbocycles. The van der Waals surface area contributed by atoms with Gasteiger partial charge in [-0.15, -0.1) is 0 Å². The van der Waals surface area contributed by atoms with Gasteiger partial charge in [0.1, 0.15) is 5.75 Å². The van der Waals surface area contributed by atoms with Crippen molar-refractivity contribution >= 4 is 10.2 Å². The standard InChI is InChI=1S/C15H24N2O4S/c1-2-12-7-9-17(10-8-12)22(20,21)16-11-15(19)13-3-5-14(18)6-4-13/h3-6,12,15-16,18-19H,2,7-11H2,1H3. The first kappa shape index (κ1) is 17.2. The molecule has 0 radical (unpaired) electrons. The van der Waals surface area contributed by atoms with Crippen LogP contribution in [0.15, 0.2) is 24.3 Å². The van der Waals surface area contributed by atoms with E-state index in [1.165, 1.54) is 16.4 Å². The van der Waals surface area contributed by atoms with Crippen LogP contribution in [0.1, 0.15) is 37.9 Å². The molecule has 22 heavy (non-hydrogen) atoms. The quantitative estimate of drug-likeness (QED) is 0.736. The Morgan fingerprint density at radius 2 is 1.86 bits per heavy atom. The van der Waals surface area contributed by atoms with Gasteiger partial charge in [0.15, 0.2) is 0 Å². The highest BCUT2D eigenvalue weighted by Gasteiger charge is 2.27. The van der Waals surface area contributed by atoms with Crippen molar-refractivity contribution in [3.05, 3.63) is 29.8 Å². The van der Waals surface area contributed by atoms with Crippen LogP contribution in [-0.4, -0.2) is 42.6 Å². The Morgan fingerprint density at radius 1 is 1.27 bits per heavy atom. The van der Waals surface area contributed by atoms with Gasteiger partial charge in [-0.05, 0) is 36.5 Å². The van der Waals surface area contributed by atoms with Gasteiger partial charge in [-0.3, -0.25) is 0 Å². The maximum absolute atomic E-state index is 12.2. The number of rotatable bonds is 6. The number of aliphatic hydroxyl groups is 1. The highest BCUT2D eigenvalue weighted by molar-refractivity contribution is 7.87. The Balaban J connectivity index is 1.88. The molecule has 124 valence electrons. The second-order valence-corrected chi connectivity index (χ2v) is 7.47. The van der Waals surface area contributed by atoms with E-state index < -0.39 is 16.3 Å². The summed E-state index contributed by atoms with van der Waals surface area (Å²) in [5.74, 6) is 0.712. The third-order valence-corrected chi connectivity index (χ3v) is 5.80. The number of phenols is 1. The van der Waals surface area contributed by atoms with Crippen molar-refractivity contribution < 1.29 is 18.6 Å². The van der Waals surface area contributed by atoms with Crippen LogP contribution >= 0.6 is 0 Å². The maximum Gasteiger partial charge on any atom is 0.279 e. The van der Waals surface area contributed by atoms with Crippen LogP contribution in [0, 0.1) is 5.92 Å². The van der Waals surface area contributed by atoms with E-state index in [4.69, 9.17) is 0 Å². The summed E-state index contributed by atoms with van der Waals surface area (Å²) in [5, 5.41) is 19.2. The Morgan fingerprint density at radius 3 is 2.41 bits per heavy atom. The molecule has 1 atom stereocenters. The van der Waals surface area contributed by atoms with E-state index in [-0.39, 0.29) is 12.3 Å². The van der Waals surface area contributed by atoms with Crippen LogP contribution in [0.3, 0.4) is 0 Å². The lowest BCUT2D eigenvalue weighted by atomic mass is 9.96. The molecular formula is C15H24N2O4S. The van der Waals surface area contributed by atoms with Crippen LogP contribution in [0.25, 0.3) is 0 Å². The first-order chi connectivity index (χ1) is 10.4. The average Bonchev–Trinajstić information content (AvgIpc) is 2.53. The van der Waals surface area contributed by atoms with Gasteiger partial charge < -0.3 is 10.2 Å². The number of aromatic hydroxyl groups is 1. The molecule has 2 rings (SSSR count). The van der Waals surface area contributed by atoms with Gasteiger partial charge >= 0.3 is 0 Å². The van der Waals surface area contributed by atoms with E-state index in [0.717, 1.165) is 19.3 Å². The van der Waals surface area contributed by atoms with Crippen molar-refractivity contribution in [2.24, 2.45) is 5.92 Å². The Labute approximate surface area is 132 Å². The molecule has 1 aliphatic rings. The summed E-state index contributed by atoms with van der Waals surface area (Å²) in [6.07, 6.45) is 1.92. The van der Waals surface area contributed by atoms with Crippen molar-refractivity contribution in [1.29, 1.82) is 0 Å². The van der Waals surface area contributed by atoms with Crippen molar-refractivity contribution in [3.63, 3.8) is 0 Å². The van der Waals surface area contributed by atoms with Crippen molar-refractivity contribution in [1.82, 2.24) is 9.03 Å². The number of hydrogen-bond acceptors (Lipinski definition) is 4. The first-order valence-electron chi connectivity index (χ1n) is 7.64. The number of nitrogens with one attached hydrogen (secondary N) is 1. The summed E-state index contributed by atoms with van der Waals surface area (Å²) in [6, 6.07) is 6.06. The fraction of sp³-hybridized carbons (Fsp3) is 0.600. The van der Waals surface area contributed by atoms with Crippen LogP contribution in [0.4, 0.5) is 0 Å². The predicted molar refractivity (Wildman–Crippen MR) is 84.6 cm³/mol. The largest absolute Gasteiger partial charge is 0.508 e. The highest BCUT2D eigenvalue weighted by atomic mass is 32.2. The molecule has 0 bridgehead atoms. The summed E-state index contributed by atoms with van der Waals surface area (Å²) in [6.45, 7) is 3.11. The van der Waals surface area contributed by atoms with E-state index in [1.54, 1.807) is 12.1 Å². The molecule has 6 nitrogen and oxygen atoms in total. The normalized spacial score (nSPS) is 19.2. The van der Waals surface area contributed by atoms with Gasteiger partial charge in [0.25, 0.3) is 10.2 Å². The van der Waals surface area contributed by atoms with Gasteiger partial charge in [0, 0.05) is 19.6 Å². The van der Waals surface area contributed by atoms with Crippen LogP contribution in [0.2, 0.25) is 0 Å². The van der Waals surface area contributed by atoms with Gasteiger partial charge in [-0.1, -0.05) is 25.5 Å². The minimum Gasteiger partial charge on any atom is -0.508 e.